The summed E-state index contributed by atoms with van der Waals surface area (Å²) < 4.78 is 0. The molecular formula is C12H18N2. The number of nitrogens with one attached hydrogen (secondary N) is 1. The van der Waals surface area contributed by atoms with Crippen molar-refractivity contribution in [2.24, 2.45) is 0 Å². The van der Waals surface area contributed by atoms with Gasteiger partial charge in [-0.15, -0.1) is 0 Å². The largest absolute Gasteiger partial charge is 0.364 e. The molecule has 0 aliphatic carbocycles. The van der Waals surface area contributed by atoms with Gasteiger partial charge < -0.3 is 10.2 Å². The zero-order valence-electron chi connectivity index (χ0n) is 8.90. The molecule has 0 aromatic heterocycles. The van der Waals surface area contributed by atoms with Crippen LogP contribution in [0.1, 0.15) is 13.8 Å². The molecule has 1 heterocycles. The molecule has 0 radical (unpaired) electrons. The maximum absolute atomic E-state index is 3.44. The van der Waals surface area contributed by atoms with Crippen LogP contribution in [-0.2, 0) is 0 Å². The van der Waals surface area contributed by atoms with Gasteiger partial charge in [-0.2, -0.15) is 0 Å². The van der Waals surface area contributed by atoms with Crippen molar-refractivity contribution >= 4 is 5.69 Å². The van der Waals surface area contributed by atoms with Gasteiger partial charge in [-0.05, 0) is 26.0 Å². The molecule has 1 saturated heterocycles. The second kappa shape index (κ2) is 4.01. The summed E-state index contributed by atoms with van der Waals surface area (Å²) in [5.41, 5.74) is 1.34. The van der Waals surface area contributed by atoms with Gasteiger partial charge in [0.15, 0.2) is 0 Å². The van der Waals surface area contributed by atoms with Crippen molar-refractivity contribution in [3.8, 4) is 0 Å². The maximum atomic E-state index is 3.44. The van der Waals surface area contributed by atoms with Crippen molar-refractivity contribution in [2.45, 2.75) is 25.9 Å². The Kier molecular flexibility index (Phi) is 2.73. The Morgan fingerprint density at radius 3 is 2.21 bits per heavy atom. The fraction of sp³-hybridized carbons (Fsp3) is 0.500. The van der Waals surface area contributed by atoms with Crippen LogP contribution in [0.15, 0.2) is 30.3 Å². The van der Waals surface area contributed by atoms with Gasteiger partial charge >= 0.3 is 0 Å². The lowest BCUT2D eigenvalue weighted by atomic mass is 10.1. The molecule has 2 nitrogen and oxygen atoms in total. The van der Waals surface area contributed by atoms with Gasteiger partial charge in [-0.25, -0.2) is 0 Å². The van der Waals surface area contributed by atoms with Gasteiger partial charge in [0.1, 0.15) is 0 Å². The predicted molar refractivity (Wildman–Crippen MR) is 60.7 cm³/mol. The summed E-state index contributed by atoms with van der Waals surface area (Å²) in [7, 11) is 0. The van der Waals surface area contributed by atoms with E-state index in [-0.39, 0.29) is 0 Å². The van der Waals surface area contributed by atoms with Crippen LogP contribution < -0.4 is 10.2 Å². The van der Waals surface area contributed by atoms with E-state index in [4.69, 9.17) is 0 Å². The van der Waals surface area contributed by atoms with Crippen LogP contribution in [0.3, 0.4) is 0 Å². The van der Waals surface area contributed by atoms with Crippen LogP contribution in [0.5, 0.6) is 0 Å². The summed E-state index contributed by atoms with van der Waals surface area (Å²) in [6, 6.07) is 11.8. The molecule has 0 amide bonds. The highest BCUT2D eigenvalue weighted by molar-refractivity contribution is 5.48. The molecule has 2 heteroatoms. The van der Waals surface area contributed by atoms with Gasteiger partial charge in [-0.1, -0.05) is 18.2 Å². The van der Waals surface area contributed by atoms with Crippen LogP contribution in [0.4, 0.5) is 5.69 Å². The SMILES string of the molecule is C[C@@H]1CNC[C@H](C)N1c1ccccc1. The van der Waals surface area contributed by atoms with E-state index in [0.29, 0.717) is 12.1 Å². The van der Waals surface area contributed by atoms with Crippen LogP contribution in [0.25, 0.3) is 0 Å². The Morgan fingerprint density at radius 2 is 1.64 bits per heavy atom. The lowest BCUT2D eigenvalue weighted by Crippen LogP contribution is -2.55. The van der Waals surface area contributed by atoms with E-state index in [1.54, 1.807) is 0 Å². The van der Waals surface area contributed by atoms with Crippen molar-refractivity contribution in [2.75, 3.05) is 18.0 Å². The number of hydrogen-bond acceptors (Lipinski definition) is 2. The predicted octanol–water partition coefficient (Wildman–Crippen LogP) is 1.87. The first-order chi connectivity index (χ1) is 6.79. The second-order valence-electron chi connectivity index (χ2n) is 4.10. The fourth-order valence-corrected chi connectivity index (χ4v) is 2.24. The molecule has 2 atom stereocenters. The van der Waals surface area contributed by atoms with Gasteiger partial charge in [0.05, 0.1) is 0 Å². The molecule has 1 aliphatic heterocycles. The molecule has 1 aromatic rings. The number of piperazine rings is 1. The molecule has 0 unspecified atom stereocenters. The highest BCUT2D eigenvalue weighted by Crippen LogP contribution is 2.20. The van der Waals surface area contributed by atoms with Gasteiger partial charge in [0.25, 0.3) is 0 Å². The van der Waals surface area contributed by atoms with Gasteiger partial charge in [-0.3, -0.25) is 0 Å². The van der Waals surface area contributed by atoms with Crippen molar-refractivity contribution in [3.05, 3.63) is 30.3 Å². The highest BCUT2D eigenvalue weighted by Gasteiger charge is 2.23. The van der Waals surface area contributed by atoms with Crippen LogP contribution in [0.2, 0.25) is 0 Å². The molecule has 0 spiro atoms. The zero-order valence-corrected chi connectivity index (χ0v) is 8.90. The van der Waals surface area contributed by atoms with Gasteiger partial charge in [0.2, 0.25) is 0 Å². The van der Waals surface area contributed by atoms with Crippen LogP contribution in [-0.4, -0.2) is 25.2 Å². The van der Waals surface area contributed by atoms with Gasteiger partial charge in [0, 0.05) is 30.9 Å². The summed E-state index contributed by atoms with van der Waals surface area (Å²) in [4.78, 5) is 2.50. The fourth-order valence-electron chi connectivity index (χ4n) is 2.24. The average molecular weight is 190 g/mol. The minimum absolute atomic E-state index is 0.584. The molecule has 76 valence electrons. The summed E-state index contributed by atoms with van der Waals surface area (Å²) >= 11 is 0. The Labute approximate surface area is 85.9 Å². The zero-order chi connectivity index (χ0) is 9.97. The smallest absolute Gasteiger partial charge is 0.0389 e. The van der Waals surface area contributed by atoms with Crippen LogP contribution >= 0.6 is 0 Å². The number of hydrogen-bond donors (Lipinski definition) is 1. The number of benzene rings is 1. The monoisotopic (exact) mass is 190 g/mol. The third-order valence-electron chi connectivity index (χ3n) is 2.88. The van der Waals surface area contributed by atoms with Crippen molar-refractivity contribution in [1.29, 1.82) is 0 Å². The van der Waals surface area contributed by atoms with Crippen molar-refractivity contribution < 1.29 is 0 Å². The third-order valence-corrected chi connectivity index (χ3v) is 2.88. The summed E-state index contributed by atoms with van der Waals surface area (Å²) in [5, 5.41) is 3.44. The lowest BCUT2D eigenvalue weighted by molar-refractivity contribution is 0.432. The summed E-state index contributed by atoms with van der Waals surface area (Å²) in [5.74, 6) is 0. The van der Waals surface area contributed by atoms with E-state index in [2.05, 4.69) is 54.4 Å². The quantitative estimate of drug-likeness (QED) is 0.727. The molecule has 2 rings (SSSR count). The molecular weight excluding hydrogens is 172 g/mol. The number of nitrogens with zero attached hydrogens (tertiary/aromatic N) is 1. The topological polar surface area (TPSA) is 15.3 Å². The Morgan fingerprint density at radius 1 is 1.07 bits per heavy atom. The van der Waals surface area contributed by atoms with E-state index in [9.17, 15) is 0 Å². The lowest BCUT2D eigenvalue weighted by Gasteiger charge is -2.41. The average Bonchev–Trinajstić information content (AvgIpc) is 2.19. The van der Waals surface area contributed by atoms with E-state index >= 15 is 0 Å². The summed E-state index contributed by atoms with van der Waals surface area (Å²) in [6.07, 6.45) is 0. The Balaban J connectivity index is 2.23. The third kappa shape index (κ3) is 1.75. The number of para-hydroxylation sites is 1. The normalized spacial score (nSPS) is 27.7. The van der Waals surface area contributed by atoms with E-state index in [0.717, 1.165) is 13.1 Å². The van der Waals surface area contributed by atoms with E-state index < -0.39 is 0 Å². The second-order valence-corrected chi connectivity index (χ2v) is 4.10. The molecule has 1 aliphatic rings. The molecule has 0 saturated carbocycles. The van der Waals surface area contributed by atoms with E-state index in [1.165, 1.54) is 5.69 Å². The number of anilines is 1. The first-order valence-corrected chi connectivity index (χ1v) is 5.33. The van der Waals surface area contributed by atoms with E-state index in [1.807, 2.05) is 0 Å². The van der Waals surface area contributed by atoms with Crippen LogP contribution in [0, 0.1) is 0 Å². The minimum Gasteiger partial charge on any atom is -0.364 e. The Hall–Kier alpha value is -1.02. The molecule has 1 fully saturated rings. The highest BCUT2D eigenvalue weighted by atomic mass is 15.2. The molecule has 0 bridgehead atoms. The number of rotatable bonds is 1. The molecule has 1 aromatic carbocycles. The minimum atomic E-state index is 0.584. The van der Waals surface area contributed by atoms with Crippen molar-refractivity contribution in [3.63, 3.8) is 0 Å². The summed E-state index contributed by atoms with van der Waals surface area (Å²) in [6.45, 7) is 6.71. The molecule has 1 N–H and O–H groups in total. The molecule has 14 heavy (non-hydrogen) atoms. The maximum Gasteiger partial charge on any atom is 0.0389 e. The van der Waals surface area contributed by atoms with Crippen molar-refractivity contribution in [1.82, 2.24) is 5.32 Å². The first-order valence-electron chi connectivity index (χ1n) is 5.33. The first kappa shape index (κ1) is 9.53. The standard InChI is InChI=1S/C12H18N2/c1-10-8-13-9-11(2)14(10)12-6-4-3-5-7-12/h3-7,10-11,13H,8-9H2,1-2H3/t10-,11+. The Bertz CT molecular complexity index is 274.